The molecular weight excluding hydrogens is 509 g/mol. The third-order valence-electron chi connectivity index (χ3n) is 6.50. The highest BCUT2D eigenvalue weighted by atomic mass is 32.2. The monoisotopic (exact) mass is 539 g/mol. The Morgan fingerprint density at radius 1 is 1.03 bits per heavy atom. The first-order valence-electron chi connectivity index (χ1n) is 12.3. The van der Waals surface area contributed by atoms with E-state index in [1.54, 1.807) is 17.8 Å². The highest BCUT2D eigenvalue weighted by Crippen LogP contribution is 2.32. The summed E-state index contributed by atoms with van der Waals surface area (Å²) in [5, 5.41) is 17.7. The fraction of sp³-hybridized carbons (Fsp3) is 0.321. The second-order valence-corrected chi connectivity index (χ2v) is 9.90. The number of hydrogen-bond acceptors (Lipinski definition) is 8. The topological polar surface area (TPSA) is 123 Å². The maximum absolute atomic E-state index is 15.0. The number of nitrogens with zero attached hydrogens (tertiary/aromatic N) is 1. The number of rotatable bonds is 6. The van der Waals surface area contributed by atoms with Crippen molar-refractivity contribution in [3.63, 3.8) is 0 Å². The van der Waals surface area contributed by atoms with Crippen molar-refractivity contribution in [2.45, 2.75) is 29.3 Å². The molecule has 4 atom stereocenters. The Morgan fingerprint density at radius 3 is 2.32 bits per heavy atom. The molecule has 0 spiro atoms. The minimum atomic E-state index is -0.638. The summed E-state index contributed by atoms with van der Waals surface area (Å²) in [7, 11) is 0. The molecule has 2 aromatic carbocycles. The largest absolute Gasteiger partial charge is 0.470 e. The number of nitrogens with one attached hydrogen (secondary N) is 1. The summed E-state index contributed by atoms with van der Waals surface area (Å²) in [5.41, 5.74) is 9.08. The Kier molecular flexibility index (Phi) is 8.27. The molecule has 38 heavy (non-hydrogen) atoms. The van der Waals surface area contributed by atoms with Crippen molar-refractivity contribution in [1.29, 1.82) is 0 Å². The molecule has 0 aliphatic carbocycles. The zero-order valence-corrected chi connectivity index (χ0v) is 21.7. The Morgan fingerprint density at radius 2 is 1.66 bits per heavy atom. The van der Waals surface area contributed by atoms with Crippen molar-refractivity contribution in [3.8, 4) is 28.3 Å². The van der Waals surface area contributed by atoms with E-state index in [-0.39, 0.29) is 37.2 Å². The van der Waals surface area contributed by atoms with Crippen LogP contribution in [0.3, 0.4) is 0 Å². The van der Waals surface area contributed by atoms with Crippen molar-refractivity contribution in [2.24, 2.45) is 5.73 Å². The second-order valence-electron chi connectivity index (χ2n) is 9.02. The maximum Gasteiger partial charge on any atom is 0.193 e. The van der Waals surface area contributed by atoms with Gasteiger partial charge in [0.05, 0.1) is 30.9 Å². The highest BCUT2D eigenvalue weighted by Gasteiger charge is 2.48. The van der Waals surface area contributed by atoms with Gasteiger partial charge in [-0.2, -0.15) is 0 Å². The van der Waals surface area contributed by atoms with Crippen molar-refractivity contribution in [1.82, 2.24) is 9.97 Å². The Labute approximate surface area is 223 Å². The van der Waals surface area contributed by atoms with Gasteiger partial charge in [0.1, 0.15) is 24.0 Å². The quantitative estimate of drug-likeness (QED) is 0.274. The third-order valence-corrected chi connectivity index (χ3v) is 7.25. The van der Waals surface area contributed by atoms with Gasteiger partial charge in [-0.25, -0.2) is 9.37 Å². The van der Waals surface area contributed by atoms with Gasteiger partial charge in [-0.15, -0.1) is 11.8 Å². The van der Waals surface area contributed by atoms with Gasteiger partial charge in [0.15, 0.2) is 17.8 Å². The van der Waals surface area contributed by atoms with Crippen LogP contribution in [0.1, 0.15) is 0 Å². The number of aliphatic hydroxyl groups is 2. The van der Waals surface area contributed by atoms with E-state index in [4.69, 9.17) is 25.1 Å². The Bertz CT molecular complexity index is 1360. The van der Waals surface area contributed by atoms with Crippen LogP contribution in [0.15, 0.2) is 65.6 Å². The number of halogens is 1. The number of aliphatic hydroxyl groups excluding tert-OH is 2. The normalized spacial score (nSPS) is 22.2. The number of aromatic nitrogens is 2. The number of fused-ring (bicyclic) bond motifs is 2. The predicted molar refractivity (Wildman–Crippen MR) is 145 cm³/mol. The number of benzene rings is 2. The number of aromatic amines is 1. The fourth-order valence-electron chi connectivity index (χ4n) is 4.58. The van der Waals surface area contributed by atoms with E-state index in [9.17, 15) is 9.50 Å². The lowest BCUT2D eigenvalue weighted by Gasteiger charge is -2.16. The van der Waals surface area contributed by atoms with Gasteiger partial charge in [0.25, 0.3) is 0 Å². The van der Waals surface area contributed by atoms with Crippen LogP contribution in [0.4, 0.5) is 4.39 Å². The molecule has 2 aliphatic heterocycles. The summed E-state index contributed by atoms with van der Waals surface area (Å²) in [5.74, 6) is 0.0480. The zero-order chi connectivity index (χ0) is 26.6. The molecule has 10 heteroatoms. The number of H-pyrrole nitrogens is 1. The molecule has 6 rings (SSSR count). The summed E-state index contributed by atoms with van der Waals surface area (Å²) >= 11 is 1.71. The van der Waals surface area contributed by atoms with Crippen LogP contribution >= 0.6 is 11.8 Å². The molecule has 2 fully saturated rings. The molecule has 2 aliphatic rings. The van der Waals surface area contributed by atoms with Crippen LogP contribution in [0, 0.1) is 5.82 Å². The van der Waals surface area contributed by atoms with Crippen LogP contribution in [0.2, 0.25) is 0 Å². The molecule has 4 aromatic rings. The minimum Gasteiger partial charge on any atom is -0.470 e. The van der Waals surface area contributed by atoms with Gasteiger partial charge in [-0.05, 0) is 29.5 Å². The SMILES string of the molecule is CSc1ccc(-c2ccc(-c3nc4cc(OC5COC6C(O)CO[C@H]56)[nH]c4cc3F)cc2)cc1.NCCO. The molecule has 2 aromatic heterocycles. The summed E-state index contributed by atoms with van der Waals surface area (Å²) < 4.78 is 32.2. The average Bonchev–Trinajstić information content (AvgIpc) is 3.65. The first-order valence-corrected chi connectivity index (χ1v) is 13.6. The molecular formula is C28H30FN3O5S. The standard InChI is InChI=1S/C26H23FN2O4S.C2H7NO/c1-34-17-8-6-15(7-9-17)14-2-4-16(5-3-14)24-18(27)10-19-20(29-24)11-23(28-19)33-22-13-32-25-21(30)12-31-26(22)25;3-1-2-4/h2-11,21-22,25-26,28,30H,12-13H2,1H3;4H,1-3H2/t21?,22?,25?,26-;/m1./s1. The lowest BCUT2D eigenvalue weighted by molar-refractivity contribution is 0.00794. The van der Waals surface area contributed by atoms with Gasteiger partial charge in [0.2, 0.25) is 0 Å². The Hall–Kier alpha value is -2.99. The van der Waals surface area contributed by atoms with E-state index in [2.05, 4.69) is 40.5 Å². The molecule has 5 N–H and O–H groups in total. The average molecular weight is 540 g/mol. The van der Waals surface area contributed by atoms with Gasteiger partial charge in [-0.1, -0.05) is 36.4 Å². The van der Waals surface area contributed by atoms with Crippen molar-refractivity contribution >= 4 is 22.8 Å². The zero-order valence-electron chi connectivity index (χ0n) is 20.8. The second kappa shape index (κ2) is 11.8. The molecule has 3 unspecified atom stereocenters. The number of thioether (sulfide) groups is 1. The first kappa shape index (κ1) is 26.6. The summed E-state index contributed by atoms with van der Waals surface area (Å²) in [4.78, 5) is 8.84. The van der Waals surface area contributed by atoms with Gasteiger partial charge in [0, 0.05) is 29.1 Å². The van der Waals surface area contributed by atoms with Crippen LogP contribution in [0.25, 0.3) is 33.4 Å². The van der Waals surface area contributed by atoms with Gasteiger partial charge >= 0.3 is 0 Å². The lowest BCUT2D eigenvalue weighted by Crippen LogP contribution is -2.34. The molecule has 0 radical (unpaired) electrons. The highest BCUT2D eigenvalue weighted by molar-refractivity contribution is 7.98. The van der Waals surface area contributed by atoms with Crippen LogP contribution in [0.5, 0.6) is 5.88 Å². The molecule has 2 saturated heterocycles. The smallest absolute Gasteiger partial charge is 0.193 e. The van der Waals surface area contributed by atoms with Gasteiger partial charge < -0.3 is 35.1 Å². The van der Waals surface area contributed by atoms with Crippen LogP contribution in [-0.4, -0.2) is 77.2 Å². The maximum atomic E-state index is 15.0. The van der Waals surface area contributed by atoms with E-state index in [1.807, 2.05) is 24.3 Å². The molecule has 200 valence electrons. The molecule has 4 heterocycles. The number of hydrogen-bond donors (Lipinski definition) is 4. The minimum absolute atomic E-state index is 0.0972. The summed E-state index contributed by atoms with van der Waals surface area (Å²) in [6.45, 7) is 1.03. The lowest BCUT2D eigenvalue weighted by atomic mass is 10.0. The van der Waals surface area contributed by atoms with E-state index in [0.29, 0.717) is 35.6 Å². The van der Waals surface area contributed by atoms with E-state index >= 15 is 0 Å². The third kappa shape index (κ3) is 5.56. The number of pyridine rings is 1. The predicted octanol–water partition coefficient (Wildman–Crippen LogP) is 3.60. The van der Waals surface area contributed by atoms with E-state index in [1.165, 1.54) is 11.0 Å². The van der Waals surface area contributed by atoms with Crippen molar-refractivity contribution in [3.05, 3.63) is 66.5 Å². The van der Waals surface area contributed by atoms with E-state index in [0.717, 1.165) is 11.1 Å². The van der Waals surface area contributed by atoms with Crippen LogP contribution < -0.4 is 10.5 Å². The number of nitrogens with two attached hydrogens (primary N) is 1. The van der Waals surface area contributed by atoms with E-state index < -0.39 is 11.9 Å². The summed E-state index contributed by atoms with van der Waals surface area (Å²) in [6, 6.07) is 19.3. The Balaban J connectivity index is 0.000000689. The molecule has 0 bridgehead atoms. The van der Waals surface area contributed by atoms with Crippen molar-refractivity contribution < 1.29 is 28.8 Å². The number of ether oxygens (including phenoxy) is 3. The summed E-state index contributed by atoms with van der Waals surface area (Å²) in [6.07, 6.45) is 0.369. The molecule has 8 nitrogen and oxygen atoms in total. The van der Waals surface area contributed by atoms with Crippen molar-refractivity contribution in [2.75, 3.05) is 32.6 Å². The van der Waals surface area contributed by atoms with Gasteiger partial charge in [-0.3, -0.25) is 0 Å². The molecule has 0 amide bonds. The molecule has 0 saturated carbocycles. The van der Waals surface area contributed by atoms with Crippen LogP contribution in [-0.2, 0) is 9.47 Å². The first-order chi connectivity index (χ1) is 18.5. The fourth-order valence-corrected chi connectivity index (χ4v) is 4.99.